The van der Waals surface area contributed by atoms with Gasteiger partial charge in [-0.05, 0) is 39.3 Å². The number of nitrogens with zero attached hydrogens (tertiary/aromatic N) is 1. The molecule has 0 aliphatic heterocycles. The fourth-order valence-corrected chi connectivity index (χ4v) is 2.75. The molecule has 0 saturated heterocycles. The molecule has 0 saturated carbocycles. The van der Waals surface area contributed by atoms with Crippen LogP contribution in [0.25, 0.3) is 11.0 Å². The van der Waals surface area contributed by atoms with E-state index in [-0.39, 0.29) is 6.04 Å². The number of aromatic nitrogens is 2. The number of nitrogens with two attached hydrogens (primary N) is 1. The van der Waals surface area contributed by atoms with E-state index in [1.54, 1.807) is 18.2 Å². The third-order valence-corrected chi connectivity index (χ3v) is 3.92. The second-order valence-corrected chi connectivity index (χ2v) is 7.38. The van der Waals surface area contributed by atoms with Crippen LogP contribution >= 0.6 is 0 Å². The molecule has 0 unspecified atom stereocenters. The molecule has 7 nitrogen and oxygen atoms in total. The maximum atomic E-state index is 12.2. The second kappa shape index (κ2) is 8.21. The number of unbranched alkanes of at least 4 members (excludes halogenated alkanes) is 2. The van der Waals surface area contributed by atoms with Gasteiger partial charge in [0.2, 0.25) is 0 Å². The third-order valence-electron chi connectivity index (χ3n) is 3.92. The minimum atomic E-state index is -0.578. The van der Waals surface area contributed by atoms with E-state index >= 15 is 0 Å². The number of aromatic amines is 1. The highest BCUT2D eigenvalue weighted by atomic mass is 16.6. The van der Waals surface area contributed by atoms with E-state index in [0.29, 0.717) is 22.4 Å². The highest BCUT2D eigenvalue weighted by Gasteiger charge is 2.23. The topological polar surface area (TPSA) is 110 Å². The van der Waals surface area contributed by atoms with Crippen LogP contribution in [0.2, 0.25) is 0 Å². The number of primary amides is 1. The lowest BCUT2D eigenvalue weighted by Crippen LogP contribution is -2.35. The van der Waals surface area contributed by atoms with Crippen molar-refractivity contribution < 1.29 is 14.3 Å². The molecule has 7 heteroatoms. The number of hydrogen-bond acceptors (Lipinski definition) is 4. The maximum absolute atomic E-state index is 12.2. The molecule has 1 aromatic heterocycles. The van der Waals surface area contributed by atoms with Crippen LogP contribution in [0.4, 0.5) is 4.79 Å². The van der Waals surface area contributed by atoms with Gasteiger partial charge in [-0.1, -0.05) is 32.3 Å². The summed E-state index contributed by atoms with van der Waals surface area (Å²) in [5, 5.41) is 2.89. The molecular formula is C19H28N4O3. The largest absolute Gasteiger partial charge is 0.444 e. The minimum Gasteiger partial charge on any atom is -0.444 e. The van der Waals surface area contributed by atoms with Gasteiger partial charge in [-0.15, -0.1) is 0 Å². The Morgan fingerprint density at radius 1 is 1.31 bits per heavy atom. The molecule has 2 aromatic rings. The van der Waals surface area contributed by atoms with Crippen molar-refractivity contribution in [3.63, 3.8) is 0 Å². The number of carbonyl (C=O) groups excluding carboxylic acids is 2. The Balaban J connectivity index is 2.29. The van der Waals surface area contributed by atoms with Crippen molar-refractivity contribution >= 4 is 23.0 Å². The van der Waals surface area contributed by atoms with E-state index in [9.17, 15) is 9.59 Å². The van der Waals surface area contributed by atoms with Gasteiger partial charge in [0.05, 0.1) is 22.6 Å². The van der Waals surface area contributed by atoms with Crippen LogP contribution in [-0.4, -0.2) is 27.6 Å². The number of fused-ring (bicyclic) bond motifs is 1. The predicted octanol–water partition coefficient (Wildman–Crippen LogP) is 3.81. The fraction of sp³-hybridized carbons (Fsp3) is 0.526. The Hall–Kier alpha value is -2.57. The minimum absolute atomic E-state index is 0.329. The van der Waals surface area contributed by atoms with Gasteiger partial charge in [0, 0.05) is 0 Å². The summed E-state index contributed by atoms with van der Waals surface area (Å²) in [5.41, 5.74) is 6.47. The first-order valence-electron chi connectivity index (χ1n) is 8.99. The lowest BCUT2D eigenvalue weighted by atomic mass is 10.1. The number of para-hydroxylation sites is 1. The molecule has 1 aromatic carbocycles. The molecule has 4 N–H and O–H groups in total. The summed E-state index contributed by atoms with van der Waals surface area (Å²) in [7, 11) is 0. The third kappa shape index (κ3) is 5.21. The number of rotatable bonds is 7. The highest BCUT2D eigenvalue weighted by Crippen LogP contribution is 2.23. The SMILES string of the molecule is CCCCC[C@H](NC(=O)OC(C)(C)C)c1nc2cccc(C(N)=O)c2[nH]1. The van der Waals surface area contributed by atoms with Gasteiger partial charge >= 0.3 is 6.09 Å². The molecule has 142 valence electrons. The Morgan fingerprint density at radius 3 is 2.65 bits per heavy atom. The van der Waals surface area contributed by atoms with E-state index in [1.165, 1.54) is 0 Å². The Morgan fingerprint density at radius 2 is 2.04 bits per heavy atom. The molecule has 0 bridgehead atoms. The van der Waals surface area contributed by atoms with Gasteiger partial charge in [0.15, 0.2) is 0 Å². The number of nitrogens with one attached hydrogen (secondary N) is 2. The van der Waals surface area contributed by atoms with Crippen LogP contribution < -0.4 is 11.1 Å². The number of carbonyl (C=O) groups is 2. The summed E-state index contributed by atoms with van der Waals surface area (Å²) < 4.78 is 5.37. The van der Waals surface area contributed by atoms with Crippen LogP contribution in [0.1, 0.15) is 75.6 Å². The molecule has 0 aliphatic carbocycles. The predicted molar refractivity (Wildman–Crippen MR) is 101 cm³/mol. The summed E-state index contributed by atoms with van der Waals surface area (Å²) in [6.07, 6.45) is 3.30. The highest BCUT2D eigenvalue weighted by molar-refractivity contribution is 6.04. The van der Waals surface area contributed by atoms with Crippen molar-refractivity contribution in [3.8, 4) is 0 Å². The average molecular weight is 360 g/mol. The number of alkyl carbamates (subject to hydrolysis) is 1. The molecule has 1 heterocycles. The molecule has 0 radical (unpaired) electrons. The molecule has 0 spiro atoms. The number of H-pyrrole nitrogens is 1. The van der Waals surface area contributed by atoms with Crippen molar-refractivity contribution in [2.24, 2.45) is 5.73 Å². The monoisotopic (exact) mass is 360 g/mol. The quantitative estimate of drug-likeness (QED) is 0.652. The summed E-state index contributed by atoms with van der Waals surface area (Å²) in [4.78, 5) is 31.5. The zero-order valence-electron chi connectivity index (χ0n) is 15.9. The van der Waals surface area contributed by atoms with Crippen LogP contribution in [0.5, 0.6) is 0 Å². The first kappa shape index (κ1) is 19.8. The van der Waals surface area contributed by atoms with Gasteiger partial charge in [-0.2, -0.15) is 0 Å². The zero-order valence-corrected chi connectivity index (χ0v) is 15.9. The number of amides is 2. The number of hydrogen-bond donors (Lipinski definition) is 3. The molecule has 2 rings (SSSR count). The molecule has 1 atom stereocenters. The number of imidazole rings is 1. The first-order valence-corrected chi connectivity index (χ1v) is 8.99. The van der Waals surface area contributed by atoms with E-state index in [2.05, 4.69) is 22.2 Å². The van der Waals surface area contributed by atoms with Crippen molar-refractivity contribution in [1.29, 1.82) is 0 Å². The lowest BCUT2D eigenvalue weighted by molar-refractivity contribution is 0.0498. The number of benzene rings is 1. The van der Waals surface area contributed by atoms with Crippen LogP contribution in [-0.2, 0) is 4.74 Å². The fourth-order valence-electron chi connectivity index (χ4n) is 2.75. The molecule has 26 heavy (non-hydrogen) atoms. The van der Waals surface area contributed by atoms with Crippen LogP contribution in [0, 0.1) is 0 Å². The van der Waals surface area contributed by atoms with Crippen LogP contribution in [0.3, 0.4) is 0 Å². The van der Waals surface area contributed by atoms with Crippen LogP contribution in [0.15, 0.2) is 18.2 Å². The second-order valence-electron chi connectivity index (χ2n) is 7.38. The Bertz CT molecular complexity index is 777. The average Bonchev–Trinajstić information content (AvgIpc) is 2.95. The van der Waals surface area contributed by atoms with E-state index in [4.69, 9.17) is 10.5 Å². The van der Waals surface area contributed by atoms with E-state index in [0.717, 1.165) is 25.7 Å². The van der Waals surface area contributed by atoms with Gasteiger partial charge in [0.1, 0.15) is 11.4 Å². The summed E-state index contributed by atoms with van der Waals surface area (Å²) in [6.45, 7) is 7.58. The lowest BCUT2D eigenvalue weighted by Gasteiger charge is -2.22. The summed E-state index contributed by atoms with van der Waals surface area (Å²) in [5.74, 6) is 0.0732. The molecule has 0 aliphatic rings. The van der Waals surface area contributed by atoms with Gasteiger partial charge < -0.3 is 20.8 Å². The molecule has 2 amide bonds. The van der Waals surface area contributed by atoms with E-state index < -0.39 is 17.6 Å². The maximum Gasteiger partial charge on any atom is 0.408 e. The van der Waals surface area contributed by atoms with Gasteiger partial charge in [-0.3, -0.25) is 4.79 Å². The smallest absolute Gasteiger partial charge is 0.408 e. The van der Waals surface area contributed by atoms with Crippen molar-refractivity contribution in [1.82, 2.24) is 15.3 Å². The van der Waals surface area contributed by atoms with Gasteiger partial charge in [0.25, 0.3) is 5.91 Å². The molecule has 0 fully saturated rings. The Labute approximate surface area is 153 Å². The molecular weight excluding hydrogens is 332 g/mol. The van der Waals surface area contributed by atoms with Crippen molar-refractivity contribution in [3.05, 3.63) is 29.6 Å². The van der Waals surface area contributed by atoms with Crippen molar-refractivity contribution in [2.45, 2.75) is 65.0 Å². The summed E-state index contributed by atoms with van der Waals surface area (Å²) in [6, 6.07) is 4.86. The normalized spacial score (nSPS) is 12.8. The standard InChI is InChI=1S/C19H28N4O3/c1-5-6-7-10-14(22-18(25)26-19(2,3)4)17-21-13-11-8-9-12(16(20)24)15(13)23-17/h8-9,11,14H,5-7,10H2,1-4H3,(H2,20,24)(H,21,23)(H,22,25)/t14-/m0/s1. The van der Waals surface area contributed by atoms with Crippen molar-refractivity contribution in [2.75, 3.05) is 0 Å². The van der Waals surface area contributed by atoms with E-state index in [1.807, 2.05) is 20.8 Å². The number of ether oxygens (including phenoxy) is 1. The first-order chi connectivity index (χ1) is 12.2. The zero-order chi connectivity index (χ0) is 19.3. The van der Waals surface area contributed by atoms with Gasteiger partial charge in [-0.25, -0.2) is 9.78 Å². The summed E-state index contributed by atoms with van der Waals surface area (Å²) >= 11 is 0. The Kier molecular flexibility index (Phi) is 6.23.